The summed E-state index contributed by atoms with van der Waals surface area (Å²) in [4.78, 5) is 33.0. The highest BCUT2D eigenvalue weighted by Gasteiger charge is 2.18. The zero-order chi connectivity index (χ0) is 15.9. The summed E-state index contributed by atoms with van der Waals surface area (Å²) in [5.74, 6) is -1.23. The number of carboxylic acids is 1. The van der Waals surface area contributed by atoms with Crippen LogP contribution in [-0.4, -0.2) is 44.9 Å². The molecule has 0 saturated carbocycles. The van der Waals surface area contributed by atoms with Gasteiger partial charge >= 0.3 is 5.97 Å². The van der Waals surface area contributed by atoms with Gasteiger partial charge in [0, 0.05) is 18.1 Å². The van der Waals surface area contributed by atoms with Crippen LogP contribution < -0.4 is 0 Å². The first-order chi connectivity index (χ1) is 10.6. The molecule has 1 amide bonds. The molecular formula is C15H17N3O3S. The van der Waals surface area contributed by atoms with Crippen molar-refractivity contribution in [1.29, 1.82) is 0 Å². The molecule has 0 fully saturated rings. The molecule has 6 nitrogen and oxygen atoms in total. The molecule has 0 aliphatic carbocycles. The predicted molar refractivity (Wildman–Crippen MR) is 83.6 cm³/mol. The molecule has 0 aromatic carbocycles. The van der Waals surface area contributed by atoms with E-state index in [1.165, 1.54) is 16.2 Å². The number of rotatable bonds is 7. The number of aliphatic carboxylic acids is 1. The Bertz CT molecular complexity index is 642. The van der Waals surface area contributed by atoms with Crippen molar-refractivity contribution < 1.29 is 14.7 Å². The van der Waals surface area contributed by atoms with E-state index in [0.29, 0.717) is 12.2 Å². The third kappa shape index (κ3) is 4.36. The number of hydrogen-bond donors (Lipinski definition) is 1. The van der Waals surface area contributed by atoms with Gasteiger partial charge in [0.15, 0.2) is 0 Å². The zero-order valence-corrected chi connectivity index (χ0v) is 13.0. The van der Waals surface area contributed by atoms with E-state index in [1.54, 1.807) is 6.20 Å². The number of amides is 1. The average Bonchev–Trinajstić information content (AvgIpc) is 2.96. The SMILES string of the molecule is CCCN(CC(=O)O)C(=O)Cc1csc(-c2ccccn2)n1. The Morgan fingerprint density at radius 3 is 2.82 bits per heavy atom. The van der Waals surface area contributed by atoms with Crippen molar-refractivity contribution in [3.05, 3.63) is 35.5 Å². The summed E-state index contributed by atoms with van der Waals surface area (Å²) in [5.41, 5.74) is 1.41. The highest BCUT2D eigenvalue weighted by molar-refractivity contribution is 7.13. The van der Waals surface area contributed by atoms with Crippen molar-refractivity contribution in [3.8, 4) is 10.7 Å². The lowest BCUT2D eigenvalue weighted by molar-refractivity contribution is -0.144. The van der Waals surface area contributed by atoms with Gasteiger partial charge in [0.05, 0.1) is 17.8 Å². The largest absolute Gasteiger partial charge is 0.480 e. The molecule has 1 N–H and O–H groups in total. The number of hydrogen-bond acceptors (Lipinski definition) is 5. The van der Waals surface area contributed by atoms with Gasteiger partial charge < -0.3 is 10.0 Å². The summed E-state index contributed by atoms with van der Waals surface area (Å²) in [7, 11) is 0. The lowest BCUT2D eigenvalue weighted by Gasteiger charge is -2.19. The van der Waals surface area contributed by atoms with Crippen LogP contribution in [0.2, 0.25) is 0 Å². The van der Waals surface area contributed by atoms with Gasteiger partial charge in [-0.25, -0.2) is 4.98 Å². The van der Waals surface area contributed by atoms with E-state index in [4.69, 9.17) is 5.11 Å². The molecule has 0 spiro atoms. The number of aromatic nitrogens is 2. The highest BCUT2D eigenvalue weighted by Crippen LogP contribution is 2.21. The van der Waals surface area contributed by atoms with Gasteiger partial charge in [0.1, 0.15) is 11.6 Å². The third-order valence-corrected chi connectivity index (χ3v) is 3.85. The van der Waals surface area contributed by atoms with Crippen LogP contribution in [0.1, 0.15) is 19.0 Å². The van der Waals surface area contributed by atoms with E-state index in [2.05, 4.69) is 9.97 Å². The maximum Gasteiger partial charge on any atom is 0.323 e. The van der Waals surface area contributed by atoms with Gasteiger partial charge in [0.2, 0.25) is 5.91 Å². The first-order valence-corrected chi connectivity index (χ1v) is 7.83. The van der Waals surface area contributed by atoms with Crippen LogP contribution in [0.5, 0.6) is 0 Å². The first kappa shape index (κ1) is 16.1. The van der Waals surface area contributed by atoms with Crippen molar-refractivity contribution in [1.82, 2.24) is 14.9 Å². The Balaban J connectivity index is 2.05. The van der Waals surface area contributed by atoms with E-state index in [9.17, 15) is 9.59 Å². The molecule has 2 rings (SSSR count). The number of carbonyl (C=O) groups is 2. The molecule has 2 aromatic rings. The van der Waals surface area contributed by atoms with E-state index >= 15 is 0 Å². The van der Waals surface area contributed by atoms with Crippen molar-refractivity contribution in [3.63, 3.8) is 0 Å². The van der Waals surface area contributed by atoms with Crippen LogP contribution in [0.25, 0.3) is 10.7 Å². The topological polar surface area (TPSA) is 83.4 Å². The molecule has 0 saturated heterocycles. The van der Waals surface area contributed by atoms with E-state index < -0.39 is 5.97 Å². The van der Waals surface area contributed by atoms with Crippen LogP contribution in [0, 0.1) is 0 Å². The number of nitrogens with zero attached hydrogens (tertiary/aromatic N) is 3. The maximum absolute atomic E-state index is 12.2. The highest BCUT2D eigenvalue weighted by atomic mass is 32.1. The fourth-order valence-corrected chi connectivity index (χ4v) is 2.78. The van der Waals surface area contributed by atoms with Gasteiger partial charge in [-0.3, -0.25) is 14.6 Å². The summed E-state index contributed by atoms with van der Waals surface area (Å²) >= 11 is 1.42. The molecule has 2 aromatic heterocycles. The molecule has 0 atom stereocenters. The number of thiazole rings is 1. The van der Waals surface area contributed by atoms with Crippen LogP contribution in [0.15, 0.2) is 29.8 Å². The molecule has 0 aliphatic heterocycles. The molecular weight excluding hydrogens is 302 g/mol. The van der Waals surface area contributed by atoms with Gasteiger partial charge in [-0.05, 0) is 18.6 Å². The molecule has 0 aliphatic rings. The van der Waals surface area contributed by atoms with E-state index in [-0.39, 0.29) is 18.9 Å². The van der Waals surface area contributed by atoms with Crippen molar-refractivity contribution in [2.75, 3.05) is 13.1 Å². The van der Waals surface area contributed by atoms with Gasteiger partial charge in [0.25, 0.3) is 0 Å². The third-order valence-electron chi connectivity index (χ3n) is 2.94. The van der Waals surface area contributed by atoms with Crippen LogP contribution in [0.4, 0.5) is 0 Å². The number of carbonyl (C=O) groups excluding carboxylic acids is 1. The second-order valence-corrected chi connectivity index (χ2v) is 5.60. The monoisotopic (exact) mass is 319 g/mol. The molecule has 0 unspecified atom stereocenters. The average molecular weight is 319 g/mol. The molecule has 22 heavy (non-hydrogen) atoms. The lowest BCUT2D eigenvalue weighted by atomic mass is 10.2. The Morgan fingerprint density at radius 1 is 1.36 bits per heavy atom. The predicted octanol–water partition coefficient (Wildman–Crippen LogP) is 2.07. The quantitative estimate of drug-likeness (QED) is 0.844. The van der Waals surface area contributed by atoms with E-state index in [1.807, 2.05) is 30.5 Å². The van der Waals surface area contributed by atoms with Crippen LogP contribution in [0.3, 0.4) is 0 Å². The molecule has 116 valence electrons. The molecule has 2 heterocycles. The van der Waals surface area contributed by atoms with Crippen molar-refractivity contribution in [2.45, 2.75) is 19.8 Å². The standard InChI is InChI=1S/C15H17N3O3S/c1-2-7-18(9-14(20)21)13(19)8-11-10-22-15(17-11)12-5-3-4-6-16-12/h3-6,10H,2,7-9H2,1H3,(H,20,21). The Morgan fingerprint density at radius 2 is 2.18 bits per heavy atom. The fraction of sp³-hybridized carbons (Fsp3) is 0.333. The van der Waals surface area contributed by atoms with Gasteiger partial charge in [-0.1, -0.05) is 13.0 Å². The summed E-state index contributed by atoms with van der Waals surface area (Å²) < 4.78 is 0. The minimum absolute atomic E-state index is 0.108. The Kier molecular flexibility index (Phi) is 5.60. The minimum atomic E-state index is -1.01. The smallest absolute Gasteiger partial charge is 0.323 e. The van der Waals surface area contributed by atoms with Crippen LogP contribution in [-0.2, 0) is 16.0 Å². The normalized spacial score (nSPS) is 10.4. The first-order valence-electron chi connectivity index (χ1n) is 6.95. The van der Waals surface area contributed by atoms with Gasteiger partial charge in [-0.15, -0.1) is 11.3 Å². The Hall–Kier alpha value is -2.28. The van der Waals surface area contributed by atoms with Gasteiger partial charge in [-0.2, -0.15) is 0 Å². The molecule has 0 radical (unpaired) electrons. The minimum Gasteiger partial charge on any atom is -0.480 e. The zero-order valence-electron chi connectivity index (χ0n) is 12.2. The fourth-order valence-electron chi connectivity index (χ4n) is 1.99. The van der Waals surface area contributed by atoms with E-state index in [0.717, 1.165) is 17.1 Å². The lowest BCUT2D eigenvalue weighted by Crippen LogP contribution is -2.37. The second kappa shape index (κ2) is 7.65. The summed E-state index contributed by atoms with van der Waals surface area (Å²) in [6.45, 7) is 2.07. The van der Waals surface area contributed by atoms with Crippen molar-refractivity contribution in [2.24, 2.45) is 0 Å². The molecule has 0 bridgehead atoms. The van der Waals surface area contributed by atoms with Crippen molar-refractivity contribution >= 4 is 23.2 Å². The summed E-state index contributed by atoms with van der Waals surface area (Å²) in [5, 5.41) is 11.4. The maximum atomic E-state index is 12.2. The molecule has 7 heteroatoms. The number of carboxylic acid groups (broad SMARTS) is 1. The summed E-state index contributed by atoms with van der Waals surface area (Å²) in [6.07, 6.45) is 2.52. The summed E-state index contributed by atoms with van der Waals surface area (Å²) in [6, 6.07) is 5.57. The second-order valence-electron chi connectivity index (χ2n) is 4.74. The van der Waals surface area contributed by atoms with Crippen LogP contribution >= 0.6 is 11.3 Å². The number of pyridine rings is 1. The Labute approximate surface area is 132 Å².